The molecule has 0 atom stereocenters. The number of hydrogen-bond donors (Lipinski definition) is 1. The van der Waals surface area contributed by atoms with Crippen molar-refractivity contribution in [2.24, 2.45) is 0 Å². The van der Waals surface area contributed by atoms with Crippen molar-refractivity contribution in [3.05, 3.63) is 6.42 Å². The molecule has 0 bridgehead atoms. The van der Waals surface area contributed by atoms with Gasteiger partial charge in [0.15, 0.2) is 0 Å². The maximum atomic E-state index is 9.46. The van der Waals surface area contributed by atoms with E-state index < -0.39 is 0 Å². The van der Waals surface area contributed by atoms with Crippen LogP contribution in [-0.2, 0) is 9.53 Å². The summed E-state index contributed by atoms with van der Waals surface area (Å²) in [5.74, 6) is 0. The second kappa shape index (κ2) is 5.59. The molecule has 3 heteroatoms. The highest BCUT2D eigenvalue weighted by atomic mass is 16.6. The van der Waals surface area contributed by atoms with Crippen LogP contribution in [0.1, 0.15) is 0 Å². The summed E-state index contributed by atoms with van der Waals surface area (Å²) in [6, 6.07) is 0. The monoisotopic (exact) mass is 103 g/mol. The first-order chi connectivity index (χ1) is 3.41. The Labute approximate surface area is 41.9 Å². The van der Waals surface area contributed by atoms with E-state index in [1.54, 1.807) is 0 Å². The van der Waals surface area contributed by atoms with Crippen molar-refractivity contribution in [3.63, 3.8) is 0 Å². The van der Waals surface area contributed by atoms with Gasteiger partial charge in [-0.1, -0.05) is 0 Å². The summed E-state index contributed by atoms with van der Waals surface area (Å²) < 4.78 is 4.34. The Morgan fingerprint density at radius 2 is 2.43 bits per heavy atom. The van der Waals surface area contributed by atoms with E-state index in [1.807, 2.05) is 0 Å². The summed E-state index contributed by atoms with van der Waals surface area (Å²) in [7, 11) is 0. The van der Waals surface area contributed by atoms with Gasteiger partial charge in [0.1, 0.15) is 13.1 Å². The third-order valence-electron chi connectivity index (χ3n) is 0.402. The van der Waals surface area contributed by atoms with Gasteiger partial charge in [0.05, 0.1) is 6.61 Å². The minimum absolute atomic E-state index is 0.194. The van der Waals surface area contributed by atoms with Gasteiger partial charge in [-0.3, -0.25) is 0 Å². The summed E-state index contributed by atoms with van der Waals surface area (Å²) in [4.78, 5) is 9.46. The molecule has 0 unspecified atom stereocenters. The Bertz CT molecular complexity index is 44.2. The smallest absolute Gasteiger partial charge is 0.143 e. The van der Waals surface area contributed by atoms with Crippen molar-refractivity contribution in [1.29, 1.82) is 0 Å². The predicted octanol–water partition coefficient (Wildman–Crippen LogP) is -0.644. The zero-order valence-electron chi connectivity index (χ0n) is 3.83. The third kappa shape index (κ3) is 5.59. The zero-order valence-corrected chi connectivity index (χ0v) is 3.83. The van der Waals surface area contributed by atoms with Crippen molar-refractivity contribution in [3.8, 4) is 0 Å². The fourth-order valence-electron chi connectivity index (χ4n) is 0.160. The highest BCUT2D eigenvalue weighted by Gasteiger charge is 1.79. The lowest BCUT2D eigenvalue weighted by molar-refractivity contribution is -0.106. The summed E-state index contributed by atoms with van der Waals surface area (Å²) in [5, 5.41) is 7.93. The lowest BCUT2D eigenvalue weighted by atomic mass is 10.5. The lowest BCUT2D eigenvalue weighted by Gasteiger charge is -1.90. The molecule has 0 amide bonds. The highest BCUT2D eigenvalue weighted by molar-refractivity contribution is 5.60. The number of rotatable bonds is 4. The van der Waals surface area contributed by atoms with E-state index in [0.29, 0.717) is 6.29 Å². The van der Waals surface area contributed by atoms with Crippen LogP contribution in [0, 0.1) is 6.42 Å². The number of aliphatic hydroxyl groups excluding tert-OH is 1. The average Bonchev–Trinajstić information content (AvgIpc) is 1.69. The van der Waals surface area contributed by atoms with E-state index in [0.717, 1.165) is 0 Å². The normalized spacial score (nSPS) is 8.71. The largest absolute Gasteiger partial charge is 0.371 e. The maximum absolute atomic E-state index is 9.46. The quantitative estimate of drug-likeness (QED) is 0.292. The molecule has 3 nitrogen and oxygen atoms in total. The SMILES string of the molecule is O=C[CH]COCO. The highest BCUT2D eigenvalue weighted by Crippen LogP contribution is 1.71. The van der Waals surface area contributed by atoms with Crippen LogP contribution in [0.15, 0.2) is 0 Å². The van der Waals surface area contributed by atoms with Crippen molar-refractivity contribution in [1.82, 2.24) is 0 Å². The van der Waals surface area contributed by atoms with Gasteiger partial charge in [0, 0.05) is 6.42 Å². The summed E-state index contributed by atoms with van der Waals surface area (Å²) in [5.41, 5.74) is 0. The van der Waals surface area contributed by atoms with Crippen LogP contribution in [0.3, 0.4) is 0 Å². The van der Waals surface area contributed by atoms with Crippen LogP contribution in [0.5, 0.6) is 0 Å². The number of carbonyl (C=O) groups excluding carboxylic acids is 1. The Hall–Kier alpha value is -0.410. The number of hydrogen-bond acceptors (Lipinski definition) is 3. The molecule has 0 heterocycles. The first-order valence-corrected chi connectivity index (χ1v) is 1.87. The van der Waals surface area contributed by atoms with Gasteiger partial charge in [-0.15, -0.1) is 0 Å². The number of ether oxygens (including phenoxy) is 1. The molecule has 0 spiro atoms. The van der Waals surface area contributed by atoms with Crippen molar-refractivity contribution in [2.45, 2.75) is 0 Å². The van der Waals surface area contributed by atoms with Gasteiger partial charge in [-0.25, -0.2) is 0 Å². The summed E-state index contributed by atoms with van der Waals surface area (Å²) in [6.45, 7) is -0.135. The van der Waals surface area contributed by atoms with E-state index in [9.17, 15) is 4.79 Å². The standard InChI is InChI=1S/C4H7O3/c5-2-1-3-7-4-6/h1-2,6H,3-4H2. The minimum atomic E-state index is -0.329. The number of aldehydes is 1. The summed E-state index contributed by atoms with van der Waals surface area (Å²) in [6.07, 6.45) is 1.89. The van der Waals surface area contributed by atoms with Crippen LogP contribution < -0.4 is 0 Å². The molecule has 41 valence electrons. The molecule has 7 heavy (non-hydrogen) atoms. The molecule has 0 aromatic heterocycles. The molecule has 0 aliphatic carbocycles. The Morgan fingerprint density at radius 1 is 1.71 bits per heavy atom. The Balaban J connectivity index is 2.56. The fourth-order valence-corrected chi connectivity index (χ4v) is 0.160. The Morgan fingerprint density at radius 3 is 2.86 bits per heavy atom. The summed E-state index contributed by atoms with van der Waals surface area (Å²) >= 11 is 0. The number of carbonyl (C=O) groups is 1. The van der Waals surface area contributed by atoms with E-state index in [2.05, 4.69) is 4.74 Å². The molecule has 0 saturated heterocycles. The maximum Gasteiger partial charge on any atom is 0.143 e. The van der Waals surface area contributed by atoms with Gasteiger partial charge in [0.25, 0.3) is 0 Å². The van der Waals surface area contributed by atoms with Crippen molar-refractivity contribution >= 4 is 6.29 Å². The molecule has 0 aromatic rings. The molecule has 0 saturated carbocycles. The van der Waals surface area contributed by atoms with Crippen LogP contribution in [0.4, 0.5) is 0 Å². The van der Waals surface area contributed by atoms with Crippen LogP contribution >= 0.6 is 0 Å². The van der Waals surface area contributed by atoms with Crippen molar-refractivity contribution in [2.75, 3.05) is 13.4 Å². The van der Waals surface area contributed by atoms with Gasteiger partial charge in [-0.2, -0.15) is 0 Å². The zero-order chi connectivity index (χ0) is 5.54. The van der Waals surface area contributed by atoms with E-state index in [4.69, 9.17) is 5.11 Å². The first-order valence-electron chi connectivity index (χ1n) is 1.87. The van der Waals surface area contributed by atoms with E-state index in [1.165, 1.54) is 6.42 Å². The van der Waals surface area contributed by atoms with Crippen LogP contribution in [0.2, 0.25) is 0 Å². The molecule has 0 fully saturated rings. The molecular formula is C4H7O3. The lowest BCUT2D eigenvalue weighted by Crippen LogP contribution is -1.95. The van der Waals surface area contributed by atoms with Crippen LogP contribution in [0.25, 0.3) is 0 Å². The van der Waals surface area contributed by atoms with Crippen LogP contribution in [-0.4, -0.2) is 24.8 Å². The van der Waals surface area contributed by atoms with Gasteiger partial charge < -0.3 is 14.6 Å². The molecule has 0 aromatic carbocycles. The molecular weight excluding hydrogens is 96.0 g/mol. The second-order valence-electron chi connectivity index (χ2n) is 0.872. The molecule has 1 radical (unpaired) electrons. The molecule has 0 aliphatic heterocycles. The van der Waals surface area contributed by atoms with Gasteiger partial charge in [0.2, 0.25) is 0 Å². The molecule has 0 aliphatic rings. The average molecular weight is 103 g/mol. The van der Waals surface area contributed by atoms with E-state index in [-0.39, 0.29) is 13.4 Å². The topological polar surface area (TPSA) is 46.5 Å². The second-order valence-corrected chi connectivity index (χ2v) is 0.872. The Kier molecular flexibility index (Phi) is 5.26. The number of aliphatic hydroxyl groups is 1. The fraction of sp³-hybridized carbons (Fsp3) is 0.500. The first kappa shape index (κ1) is 6.59. The van der Waals surface area contributed by atoms with Crippen molar-refractivity contribution < 1.29 is 14.6 Å². The van der Waals surface area contributed by atoms with E-state index >= 15 is 0 Å². The third-order valence-corrected chi connectivity index (χ3v) is 0.402. The minimum Gasteiger partial charge on any atom is -0.371 e. The molecule has 1 N–H and O–H groups in total. The molecule has 0 rings (SSSR count). The van der Waals surface area contributed by atoms with Gasteiger partial charge >= 0.3 is 0 Å². The predicted molar refractivity (Wildman–Crippen MR) is 23.4 cm³/mol. The van der Waals surface area contributed by atoms with Gasteiger partial charge in [-0.05, 0) is 0 Å².